The maximum atomic E-state index is 12.5. The van der Waals surface area contributed by atoms with Crippen LogP contribution in [0, 0.1) is 0 Å². The minimum absolute atomic E-state index is 0.249. The molecule has 0 spiro atoms. The van der Waals surface area contributed by atoms with Crippen LogP contribution < -0.4 is 15.4 Å². The zero-order valence-electron chi connectivity index (χ0n) is 16.9. The maximum absolute atomic E-state index is 12.5. The monoisotopic (exact) mass is 396 g/mol. The highest BCUT2D eigenvalue weighted by Crippen LogP contribution is 2.39. The lowest BCUT2D eigenvalue weighted by Crippen LogP contribution is -2.48. The summed E-state index contributed by atoms with van der Waals surface area (Å²) in [5.41, 5.74) is 1.65. The molecule has 2 N–H and O–H groups in total. The molecule has 1 fully saturated rings. The van der Waals surface area contributed by atoms with Crippen molar-refractivity contribution in [3.05, 3.63) is 65.7 Å². The van der Waals surface area contributed by atoms with Gasteiger partial charge in [0.15, 0.2) is 0 Å². The van der Waals surface area contributed by atoms with Gasteiger partial charge in [0.1, 0.15) is 5.75 Å². The molecular weight excluding hydrogens is 368 g/mol. The minimum atomic E-state index is -0.636. The molecule has 154 valence electrons. The number of methoxy groups -OCH3 is 1. The van der Waals surface area contributed by atoms with E-state index >= 15 is 0 Å². The Kier molecular flexibility index (Phi) is 6.88. The summed E-state index contributed by atoms with van der Waals surface area (Å²) in [4.78, 5) is 24.9. The van der Waals surface area contributed by atoms with E-state index in [0.29, 0.717) is 19.8 Å². The molecule has 1 heterocycles. The van der Waals surface area contributed by atoms with Crippen molar-refractivity contribution in [2.45, 2.75) is 31.2 Å². The van der Waals surface area contributed by atoms with Crippen LogP contribution in [0.4, 0.5) is 0 Å². The molecule has 6 nitrogen and oxygen atoms in total. The molecule has 2 aromatic rings. The van der Waals surface area contributed by atoms with E-state index in [1.807, 2.05) is 61.5 Å². The van der Waals surface area contributed by atoms with Gasteiger partial charge in [-0.05, 0) is 31.4 Å². The summed E-state index contributed by atoms with van der Waals surface area (Å²) in [7, 11) is 1.64. The minimum Gasteiger partial charge on any atom is -0.496 e. The average Bonchev–Trinajstić information content (AvgIpc) is 2.78. The molecule has 1 unspecified atom stereocenters. The lowest BCUT2D eigenvalue weighted by molar-refractivity contribution is -0.139. The number of benzene rings is 2. The molecule has 0 aliphatic carbocycles. The number of ether oxygens (including phenoxy) is 2. The van der Waals surface area contributed by atoms with Gasteiger partial charge in [-0.1, -0.05) is 48.5 Å². The smallest absolute Gasteiger partial charge is 0.309 e. The Hall–Kier alpha value is -2.86. The molecule has 1 aliphatic heterocycles. The van der Waals surface area contributed by atoms with Crippen LogP contribution in [0.2, 0.25) is 0 Å². The summed E-state index contributed by atoms with van der Waals surface area (Å²) in [6, 6.07) is 17.1. The molecule has 2 amide bonds. The Balaban J connectivity index is 1.68. The Labute approximate surface area is 171 Å². The Morgan fingerprint density at radius 2 is 1.69 bits per heavy atom. The van der Waals surface area contributed by atoms with E-state index in [1.165, 1.54) is 0 Å². The second-order valence-electron chi connectivity index (χ2n) is 7.38. The van der Waals surface area contributed by atoms with E-state index in [2.05, 4.69) is 10.6 Å². The number of para-hydroxylation sites is 1. The van der Waals surface area contributed by atoms with Gasteiger partial charge in [0.25, 0.3) is 0 Å². The summed E-state index contributed by atoms with van der Waals surface area (Å²) in [5.74, 6) is -0.483. The number of rotatable bonds is 6. The molecule has 0 aromatic heterocycles. The van der Waals surface area contributed by atoms with Crippen LogP contribution in [0.5, 0.6) is 5.75 Å². The maximum Gasteiger partial charge on any atom is 0.309 e. The molecule has 1 saturated heterocycles. The van der Waals surface area contributed by atoms with Gasteiger partial charge < -0.3 is 20.1 Å². The summed E-state index contributed by atoms with van der Waals surface area (Å²) in [6.07, 6.45) is 1.49. The van der Waals surface area contributed by atoms with Crippen molar-refractivity contribution in [3.8, 4) is 5.75 Å². The number of nitrogens with one attached hydrogen (secondary N) is 2. The van der Waals surface area contributed by atoms with Gasteiger partial charge in [0.2, 0.25) is 0 Å². The predicted molar refractivity (Wildman–Crippen MR) is 111 cm³/mol. The fraction of sp³-hybridized carbons (Fsp3) is 0.391. The van der Waals surface area contributed by atoms with Gasteiger partial charge >= 0.3 is 11.8 Å². The molecule has 29 heavy (non-hydrogen) atoms. The van der Waals surface area contributed by atoms with Crippen molar-refractivity contribution in [1.82, 2.24) is 10.6 Å². The highest BCUT2D eigenvalue weighted by atomic mass is 16.5. The summed E-state index contributed by atoms with van der Waals surface area (Å²) < 4.78 is 11.1. The van der Waals surface area contributed by atoms with Gasteiger partial charge in [0, 0.05) is 30.7 Å². The SMILES string of the molecule is COc1ccccc1C1(CNC(=O)C(=O)NC(C)c2ccccc2)CCOCC1. The third kappa shape index (κ3) is 4.95. The first-order valence-corrected chi connectivity index (χ1v) is 9.90. The highest BCUT2D eigenvalue weighted by Gasteiger charge is 2.37. The number of hydrogen-bond acceptors (Lipinski definition) is 4. The predicted octanol–water partition coefficient (Wildman–Crippen LogP) is 2.74. The Bertz CT molecular complexity index is 832. The van der Waals surface area contributed by atoms with Crippen molar-refractivity contribution in [3.63, 3.8) is 0 Å². The van der Waals surface area contributed by atoms with Crippen molar-refractivity contribution in [2.24, 2.45) is 0 Å². The van der Waals surface area contributed by atoms with Gasteiger partial charge in [-0.2, -0.15) is 0 Å². The molecule has 3 rings (SSSR count). The first-order chi connectivity index (χ1) is 14.1. The molecule has 1 atom stereocenters. The van der Waals surface area contributed by atoms with Gasteiger partial charge in [-0.15, -0.1) is 0 Å². The van der Waals surface area contributed by atoms with Crippen LogP contribution in [0.15, 0.2) is 54.6 Å². The first-order valence-electron chi connectivity index (χ1n) is 9.90. The molecule has 0 bridgehead atoms. The molecule has 2 aromatic carbocycles. The molecule has 0 saturated carbocycles. The van der Waals surface area contributed by atoms with Crippen molar-refractivity contribution >= 4 is 11.8 Å². The van der Waals surface area contributed by atoms with Gasteiger partial charge in [-0.25, -0.2) is 0 Å². The number of carbonyl (C=O) groups excluding carboxylic acids is 2. The average molecular weight is 396 g/mol. The van der Waals surface area contributed by atoms with E-state index in [0.717, 1.165) is 29.7 Å². The van der Waals surface area contributed by atoms with E-state index < -0.39 is 11.8 Å². The standard InChI is InChI=1S/C23H28N2O4/c1-17(18-8-4-3-5-9-18)25-22(27)21(26)24-16-23(12-14-29-15-13-23)19-10-6-7-11-20(19)28-2/h3-11,17H,12-16H2,1-2H3,(H,24,26)(H,25,27). The zero-order chi connectivity index (χ0) is 20.7. The fourth-order valence-electron chi connectivity index (χ4n) is 3.80. The van der Waals surface area contributed by atoms with Crippen molar-refractivity contribution in [2.75, 3.05) is 26.9 Å². The normalized spacial score (nSPS) is 16.5. The fourth-order valence-corrected chi connectivity index (χ4v) is 3.80. The zero-order valence-corrected chi connectivity index (χ0v) is 16.9. The molecule has 6 heteroatoms. The van der Waals surface area contributed by atoms with E-state index in [-0.39, 0.29) is 11.5 Å². The van der Waals surface area contributed by atoms with Crippen LogP contribution in [0.3, 0.4) is 0 Å². The number of hydrogen-bond donors (Lipinski definition) is 2. The first kappa shape index (κ1) is 20.9. The number of amides is 2. The lowest BCUT2D eigenvalue weighted by atomic mass is 9.73. The second-order valence-corrected chi connectivity index (χ2v) is 7.38. The van der Waals surface area contributed by atoms with Gasteiger partial charge in [0.05, 0.1) is 13.2 Å². The summed E-state index contributed by atoms with van der Waals surface area (Å²) in [6.45, 7) is 3.41. The van der Waals surface area contributed by atoms with Crippen LogP contribution in [0.1, 0.15) is 36.9 Å². The third-order valence-electron chi connectivity index (χ3n) is 5.57. The van der Waals surface area contributed by atoms with Crippen LogP contribution >= 0.6 is 0 Å². The Morgan fingerprint density at radius 1 is 1.03 bits per heavy atom. The summed E-state index contributed by atoms with van der Waals surface area (Å²) >= 11 is 0. The molecular formula is C23H28N2O4. The van der Waals surface area contributed by atoms with Crippen molar-refractivity contribution < 1.29 is 19.1 Å². The van der Waals surface area contributed by atoms with Crippen LogP contribution in [0.25, 0.3) is 0 Å². The number of carbonyl (C=O) groups is 2. The van der Waals surface area contributed by atoms with E-state index in [1.54, 1.807) is 7.11 Å². The summed E-state index contributed by atoms with van der Waals surface area (Å²) in [5, 5.41) is 5.60. The third-order valence-corrected chi connectivity index (χ3v) is 5.57. The largest absolute Gasteiger partial charge is 0.496 e. The topological polar surface area (TPSA) is 76.7 Å². The van der Waals surface area contributed by atoms with E-state index in [9.17, 15) is 9.59 Å². The van der Waals surface area contributed by atoms with Crippen LogP contribution in [-0.2, 0) is 19.7 Å². The van der Waals surface area contributed by atoms with Crippen molar-refractivity contribution in [1.29, 1.82) is 0 Å². The molecule has 1 aliphatic rings. The second kappa shape index (κ2) is 9.56. The van der Waals surface area contributed by atoms with E-state index in [4.69, 9.17) is 9.47 Å². The molecule has 0 radical (unpaired) electrons. The highest BCUT2D eigenvalue weighted by molar-refractivity contribution is 6.35. The van der Waals surface area contributed by atoms with Crippen LogP contribution in [-0.4, -0.2) is 38.7 Å². The Morgan fingerprint density at radius 3 is 2.38 bits per heavy atom. The lowest BCUT2D eigenvalue weighted by Gasteiger charge is -2.38. The van der Waals surface area contributed by atoms with Gasteiger partial charge in [-0.3, -0.25) is 9.59 Å². The quantitative estimate of drug-likeness (QED) is 0.736.